The highest BCUT2D eigenvalue weighted by Gasteiger charge is 2.20. The summed E-state index contributed by atoms with van der Waals surface area (Å²) in [6.45, 7) is 1.50. The van der Waals surface area contributed by atoms with Crippen molar-refractivity contribution in [3.8, 4) is 0 Å². The smallest absolute Gasteiger partial charge is 0.337 e. The Balaban J connectivity index is 2.39. The second-order valence-corrected chi connectivity index (χ2v) is 5.77. The summed E-state index contributed by atoms with van der Waals surface area (Å²) in [5.74, 6) is -1.15. The monoisotopic (exact) mass is 317 g/mol. The van der Waals surface area contributed by atoms with E-state index in [2.05, 4.69) is 10.2 Å². The Labute approximate surface area is 118 Å². The van der Waals surface area contributed by atoms with Gasteiger partial charge in [0.15, 0.2) is 0 Å². The number of benzene rings is 1. The molecule has 8 nitrogen and oxygen atoms in total. The van der Waals surface area contributed by atoms with Crippen molar-refractivity contribution in [2.45, 2.75) is 11.8 Å². The van der Waals surface area contributed by atoms with Crippen LogP contribution >= 0.6 is 11.6 Å². The molecular formula is C10H8ClN3O5S. The molecule has 0 amide bonds. The van der Waals surface area contributed by atoms with Crippen molar-refractivity contribution in [2.75, 3.05) is 4.72 Å². The molecule has 0 atom stereocenters. The molecule has 2 rings (SSSR count). The third-order valence-corrected chi connectivity index (χ3v) is 3.87. The fourth-order valence-corrected chi connectivity index (χ4v) is 2.50. The van der Waals surface area contributed by atoms with Gasteiger partial charge in [-0.2, -0.15) is 0 Å². The van der Waals surface area contributed by atoms with Gasteiger partial charge in [-0.05, 0) is 18.2 Å². The lowest BCUT2D eigenvalue weighted by atomic mass is 10.2. The molecule has 0 radical (unpaired) electrons. The van der Waals surface area contributed by atoms with Crippen LogP contribution in [0.3, 0.4) is 0 Å². The van der Waals surface area contributed by atoms with Crippen molar-refractivity contribution >= 4 is 33.6 Å². The molecule has 0 bridgehead atoms. The second-order valence-electron chi connectivity index (χ2n) is 3.68. The van der Waals surface area contributed by atoms with E-state index in [-0.39, 0.29) is 27.4 Å². The van der Waals surface area contributed by atoms with Gasteiger partial charge >= 0.3 is 12.0 Å². The number of carboxylic acid groups (broad SMARTS) is 1. The van der Waals surface area contributed by atoms with Gasteiger partial charge < -0.3 is 9.52 Å². The van der Waals surface area contributed by atoms with Gasteiger partial charge in [0.25, 0.3) is 10.0 Å². The van der Waals surface area contributed by atoms with Gasteiger partial charge in [-0.25, -0.2) is 17.9 Å². The van der Waals surface area contributed by atoms with Crippen LogP contribution in [0.15, 0.2) is 27.5 Å². The van der Waals surface area contributed by atoms with Crippen molar-refractivity contribution in [1.29, 1.82) is 0 Å². The highest BCUT2D eigenvalue weighted by Crippen LogP contribution is 2.22. The van der Waals surface area contributed by atoms with E-state index in [1.807, 2.05) is 4.72 Å². The molecule has 0 aliphatic rings. The van der Waals surface area contributed by atoms with E-state index in [0.29, 0.717) is 0 Å². The summed E-state index contributed by atoms with van der Waals surface area (Å²) in [5, 5.41) is 15.8. The van der Waals surface area contributed by atoms with Crippen molar-refractivity contribution < 1.29 is 22.7 Å². The normalized spacial score (nSPS) is 11.3. The number of aryl methyl sites for hydroxylation is 1. The van der Waals surface area contributed by atoms with Crippen LogP contribution in [0.2, 0.25) is 5.02 Å². The lowest BCUT2D eigenvalue weighted by Crippen LogP contribution is -2.14. The summed E-state index contributed by atoms with van der Waals surface area (Å²) < 4.78 is 31.0. The van der Waals surface area contributed by atoms with E-state index in [1.54, 1.807) is 0 Å². The Morgan fingerprint density at radius 3 is 2.65 bits per heavy atom. The molecule has 0 saturated heterocycles. The molecule has 0 fully saturated rings. The van der Waals surface area contributed by atoms with Crippen molar-refractivity contribution in [3.05, 3.63) is 34.7 Å². The van der Waals surface area contributed by atoms with Gasteiger partial charge in [0.2, 0.25) is 5.89 Å². The quantitative estimate of drug-likeness (QED) is 0.876. The molecule has 1 aromatic heterocycles. The lowest BCUT2D eigenvalue weighted by molar-refractivity contribution is 0.0697. The predicted octanol–water partition coefficient (Wildman–Crippen LogP) is 1.53. The number of halogens is 1. The van der Waals surface area contributed by atoms with Crippen LogP contribution in [0.1, 0.15) is 16.2 Å². The Bertz CT molecular complexity index is 771. The Morgan fingerprint density at radius 2 is 2.10 bits per heavy atom. The summed E-state index contributed by atoms with van der Waals surface area (Å²) >= 11 is 5.67. The fourth-order valence-electron chi connectivity index (χ4n) is 1.35. The van der Waals surface area contributed by atoms with Crippen molar-refractivity contribution in [1.82, 2.24) is 10.2 Å². The minimum atomic E-state index is -4.04. The molecule has 2 N–H and O–H groups in total. The van der Waals surface area contributed by atoms with E-state index in [9.17, 15) is 13.2 Å². The number of carboxylic acids is 1. The van der Waals surface area contributed by atoms with Gasteiger partial charge in [-0.3, -0.25) is 0 Å². The zero-order chi connectivity index (χ0) is 14.9. The third-order valence-electron chi connectivity index (χ3n) is 2.23. The largest absolute Gasteiger partial charge is 0.478 e. The number of hydrogen-bond acceptors (Lipinski definition) is 6. The zero-order valence-electron chi connectivity index (χ0n) is 9.99. The van der Waals surface area contributed by atoms with Crippen LogP contribution in [-0.2, 0) is 10.0 Å². The molecular weight excluding hydrogens is 310 g/mol. The molecule has 0 aliphatic carbocycles. The SMILES string of the molecule is Cc1nnc(NS(=O)(=O)c2ccc(Cl)c(C(=O)O)c2)o1. The van der Waals surface area contributed by atoms with E-state index < -0.39 is 16.0 Å². The highest BCUT2D eigenvalue weighted by atomic mass is 35.5. The van der Waals surface area contributed by atoms with E-state index >= 15 is 0 Å². The van der Waals surface area contributed by atoms with Crippen LogP contribution in [0.5, 0.6) is 0 Å². The standard InChI is InChI=1S/C10H8ClN3O5S/c1-5-12-13-10(19-5)14-20(17,18)6-2-3-8(11)7(4-6)9(15)16/h2-4H,1H3,(H,13,14)(H,15,16). The molecule has 1 heterocycles. The number of hydrogen-bond donors (Lipinski definition) is 2. The van der Waals surface area contributed by atoms with Crippen LogP contribution in [0, 0.1) is 6.92 Å². The average Bonchev–Trinajstić information content (AvgIpc) is 2.73. The Kier molecular flexibility index (Phi) is 3.64. The molecule has 106 valence electrons. The van der Waals surface area contributed by atoms with E-state index in [1.165, 1.54) is 19.1 Å². The fraction of sp³-hybridized carbons (Fsp3) is 0.100. The first-order valence-corrected chi connectivity index (χ1v) is 7.01. The number of nitrogens with one attached hydrogen (secondary N) is 1. The zero-order valence-corrected chi connectivity index (χ0v) is 11.6. The minimum Gasteiger partial charge on any atom is -0.478 e. The van der Waals surface area contributed by atoms with Gasteiger partial charge in [0.1, 0.15) is 0 Å². The van der Waals surface area contributed by atoms with Crippen molar-refractivity contribution in [2.24, 2.45) is 0 Å². The van der Waals surface area contributed by atoms with Crippen LogP contribution < -0.4 is 4.72 Å². The van der Waals surface area contributed by atoms with Gasteiger partial charge in [0.05, 0.1) is 15.5 Å². The summed E-state index contributed by atoms with van der Waals surface area (Å²) in [7, 11) is -4.04. The molecule has 0 aliphatic heterocycles. The number of carbonyl (C=O) groups is 1. The van der Waals surface area contributed by atoms with E-state index in [0.717, 1.165) is 6.07 Å². The number of anilines is 1. The van der Waals surface area contributed by atoms with Gasteiger partial charge in [-0.15, -0.1) is 5.10 Å². The number of nitrogens with zero attached hydrogens (tertiary/aromatic N) is 2. The van der Waals surface area contributed by atoms with Gasteiger partial charge in [-0.1, -0.05) is 16.7 Å². The number of rotatable bonds is 4. The Morgan fingerprint density at radius 1 is 1.40 bits per heavy atom. The molecule has 0 unspecified atom stereocenters. The summed E-state index contributed by atoms with van der Waals surface area (Å²) in [5.41, 5.74) is -0.323. The first-order valence-electron chi connectivity index (χ1n) is 5.15. The summed E-state index contributed by atoms with van der Waals surface area (Å²) in [4.78, 5) is 10.6. The number of aromatic nitrogens is 2. The molecule has 0 spiro atoms. The van der Waals surface area contributed by atoms with Crippen LogP contribution in [0.4, 0.5) is 6.01 Å². The maximum absolute atomic E-state index is 12.0. The first kappa shape index (κ1) is 14.3. The third kappa shape index (κ3) is 2.89. The molecule has 10 heteroatoms. The maximum Gasteiger partial charge on any atom is 0.337 e. The maximum atomic E-state index is 12.0. The lowest BCUT2D eigenvalue weighted by Gasteiger charge is -2.06. The van der Waals surface area contributed by atoms with Crippen LogP contribution in [-0.4, -0.2) is 29.7 Å². The summed E-state index contributed by atoms with van der Waals surface area (Å²) in [6, 6.07) is 2.98. The molecule has 20 heavy (non-hydrogen) atoms. The summed E-state index contributed by atoms with van der Waals surface area (Å²) in [6.07, 6.45) is 0. The van der Waals surface area contributed by atoms with Crippen molar-refractivity contribution in [3.63, 3.8) is 0 Å². The predicted molar refractivity (Wildman–Crippen MR) is 68.3 cm³/mol. The Hall–Kier alpha value is -2.13. The first-order chi connectivity index (χ1) is 9.29. The average molecular weight is 318 g/mol. The second kappa shape index (κ2) is 5.10. The highest BCUT2D eigenvalue weighted by molar-refractivity contribution is 7.92. The van der Waals surface area contributed by atoms with E-state index in [4.69, 9.17) is 21.1 Å². The molecule has 1 aromatic carbocycles. The van der Waals surface area contributed by atoms with Crippen LogP contribution in [0.25, 0.3) is 0 Å². The minimum absolute atomic E-state index is 0.0647. The number of aromatic carboxylic acids is 1. The molecule has 2 aromatic rings. The topological polar surface area (TPSA) is 122 Å². The molecule has 0 saturated carbocycles. The number of sulfonamides is 1. The van der Waals surface area contributed by atoms with Gasteiger partial charge in [0, 0.05) is 6.92 Å².